The Kier molecular flexibility index (Phi) is 4.52. The van der Waals surface area contributed by atoms with E-state index >= 15 is 0 Å². The largest absolute Gasteiger partial charge is 0.431 e. The van der Waals surface area contributed by atoms with Crippen LogP contribution in [0.4, 0.5) is 26.3 Å². The first-order chi connectivity index (χ1) is 14.1. The number of hydrogen-bond donors (Lipinski definition) is 0. The first-order valence-electron chi connectivity index (χ1n) is 8.59. The summed E-state index contributed by atoms with van der Waals surface area (Å²) in [5.41, 5.74) is -1.43. The summed E-state index contributed by atoms with van der Waals surface area (Å²) in [5.74, 6) is 0. The van der Waals surface area contributed by atoms with Crippen molar-refractivity contribution in [2.45, 2.75) is 19.3 Å². The van der Waals surface area contributed by atoms with Gasteiger partial charge in [0, 0.05) is 23.5 Å². The number of imidazole rings is 1. The Balaban J connectivity index is 1.96. The SMILES string of the molecule is Cc1cc(-c2cc(C(F)(F)F)n3cnc(-c4cccnc4)c3n2)ccc1C(F)(F)F. The van der Waals surface area contributed by atoms with Gasteiger partial charge in [-0.2, -0.15) is 26.3 Å². The molecule has 0 aliphatic rings. The summed E-state index contributed by atoms with van der Waals surface area (Å²) < 4.78 is 81.0. The van der Waals surface area contributed by atoms with Crippen molar-refractivity contribution in [3.8, 4) is 22.5 Å². The lowest BCUT2D eigenvalue weighted by atomic mass is 10.0. The lowest BCUT2D eigenvalue weighted by molar-refractivity contribution is -0.142. The van der Waals surface area contributed by atoms with Gasteiger partial charge in [0.05, 0.1) is 11.3 Å². The van der Waals surface area contributed by atoms with Gasteiger partial charge in [-0.25, -0.2) is 9.97 Å². The molecule has 4 aromatic rings. The number of nitrogens with zero attached hydrogens (tertiary/aromatic N) is 4. The second kappa shape index (κ2) is 6.82. The third kappa shape index (κ3) is 3.49. The van der Waals surface area contributed by atoms with Crippen LogP contribution < -0.4 is 0 Å². The number of fused-ring (bicyclic) bond motifs is 1. The highest BCUT2D eigenvalue weighted by Crippen LogP contribution is 2.37. The molecule has 0 bridgehead atoms. The van der Waals surface area contributed by atoms with E-state index in [2.05, 4.69) is 15.0 Å². The molecular weight excluding hydrogens is 410 g/mol. The second-order valence-corrected chi connectivity index (χ2v) is 6.58. The maximum atomic E-state index is 13.7. The fourth-order valence-corrected chi connectivity index (χ4v) is 3.18. The van der Waals surface area contributed by atoms with Crippen molar-refractivity contribution in [2.24, 2.45) is 0 Å². The van der Waals surface area contributed by atoms with E-state index in [1.165, 1.54) is 25.4 Å². The van der Waals surface area contributed by atoms with Crippen molar-refractivity contribution < 1.29 is 26.3 Å². The maximum absolute atomic E-state index is 13.7. The van der Waals surface area contributed by atoms with Gasteiger partial charge in [0.15, 0.2) is 5.65 Å². The predicted octanol–water partition coefficient (Wildman–Crippen LogP) is 5.80. The number of pyridine rings is 1. The first kappa shape index (κ1) is 19.9. The van der Waals surface area contributed by atoms with E-state index in [-0.39, 0.29) is 28.2 Å². The van der Waals surface area contributed by atoms with Gasteiger partial charge in [0.1, 0.15) is 17.7 Å². The fourth-order valence-electron chi connectivity index (χ4n) is 3.18. The van der Waals surface area contributed by atoms with Crippen molar-refractivity contribution in [2.75, 3.05) is 0 Å². The summed E-state index contributed by atoms with van der Waals surface area (Å²) in [6, 6.07) is 7.14. The van der Waals surface area contributed by atoms with Gasteiger partial charge in [-0.15, -0.1) is 0 Å². The van der Waals surface area contributed by atoms with Gasteiger partial charge < -0.3 is 0 Å². The number of aromatic nitrogens is 4. The van der Waals surface area contributed by atoms with Crippen LogP contribution in [-0.2, 0) is 12.4 Å². The minimum Gasteiger partial charge on any atom is -0.278 e. The third-order valence-electron chi connectivity index (χ3n) is 4.55. The molecule has 30 heavy (non-hydrogen) atoms. The fraction of sp³-hybridized carbons (Fsp3) is 0.150. The molecule has 1 aromatic carbocycles. The van der Waals surface area contributed by atoms with Crippen LogP contribution in [0.25, 0.3) is 28.2 Å². The van der Waals surface area contributed by atoms with E-state index in [0.717, 1.165) is 28.9 Å². The van der Waals surface area contributed by atoms with Crippen molar-refractivity contribution in [1.29, 1.82) is 0 Å². The quantitative estimate of drug-likeness (QED) is 0.383. The number of rotatable bonds is 2. The summed E-state index contributed by atoms with van der Waals surface area (Å²) in [6.45, 7) is 1.25. The molecule has 154 valence electrons. The van der Waals surface area contributed by atoms with E-state index < -0.39 is 23.6 Å². The van der Waals surface area contributed by atoms with Crippen molar-refractivity contribution in [1.82, 2.24) is 19.4 Å². The summed E-state index contributed by atoms with van der Waals surface area (Å²) in [4.78, 5) is 12.3. The van der Waals surface area contributed by atoms with E-state index in [9.17, 15) is 26.3 Å². The van der Waals surface area contributed by atoms with E-state index in [4.69, 9.17) is 0 Å². The maximum Gasteiger partial charge on any atom is 0.431 e. The third-order valence-corrected chi connectivity index (χ3v) is 4.55. The molecule has 0 N–H and O–H groups in total. The highest BCUT2D eigenvalue weighted by atomic mass is 19.4. The van der Waals surface area contributed by atoms with Crippen molar-refractivity contribution >= 4 is 5.65 Å². The smallest absolute Gasteiger partial charge is 0.278 e. The zero-order chi connectivity index (χ0) is 21.7. The standard InChI is InChI=1S/C20H12F6N4/c1-11-7-12(4-5-14(11)19(21,22)23)15-8-16(20(24,25)26)30-10-28-17(18(30)29-15)13-3-2-6-27-9-13/h2-10H,1H3. The average molecular weight is 422 g/mol. The van der Waals surface area contributed by atoms with E-state index in [0.29, 0.717) is 5.56 Å². The van der Waals surface area contributed by atoms with Crippen LogP contribution >= 0.6 is 0 Å². The molecular formula is C20H12F6N4. The molecule has 3 aromatic heterocycles. The molecule has 3 heterocycles. The highest BCUT2D eigenvalue weighted by molar-refractivity contribution is 5.76. The molecule has 10 heteroatoms. The Labute approximate surface area is 165 Å². The molecule has 4 rings (SSSR count). The van der Waals surface area contributed by atoms with Crippen LogP contribution in [0, 0.1) is 6.92 Å². The molecule has 0 fully saturated rings. The summed E-state index contributed by atoms with van der Waals surface area (Å²) in [5, 5.41) is 0. The van der Waals surface area contributed by atoms with Crippen molar-refractivity contribution in [3.63, 3.8) is 0 Å². The zero-order valence-electron chi connectivity index (χ0n) is 15.3. The highest BCUT2D eigenvalue weighted by Gasteiger charge is 2.36. The van der Waals surface area contributed by atoms with Crippen LogP contribution in [-0.4, -0.2) is 19.4 Å². The molecule has 0 unspecified atom stereocenters. The molecule has 0 amide bonds. The Morgan fingerprint density at radius 2 is 1.67 bits per heavy atom. The first-order valence-corrected chi connectivity index (χ1v) is 8.59. The Hall–Kier alpha value is -3.43. The second-order valence-electron chi connectivity index (χ2n) is 6.58. The van der Waals surface area contributed by atoms with Crippen LogP contribution in [0.5, 0.6) is 0 Å². The number of aryl methyl sites for hydroxylation is 1. The van der Waals surface area contributed by atoms with Crippen LogP contribution in [0.1, 0.15) is 16.8 Å². The Morgan fingerprint density at radius 3 is 2.27 bits per heavy atom. The number of halogens is 6. The van der Waals surface area contributed by atoms with Gasteiger partial charge in [-0.05, 0) is 42.8 Å². The molecule has 0 spiro atoms. The lowest BCUT2D eigenvalue weighted by Gasteiger charge is -2.14. The summed E-state index contributed by atoms with van der Waals surface area (Å²) in [6.07, 6.45) is -5.34. The molecule has 0 saturated carbocycles. The van der Waals surface area contributed by atoms with E-state index in [1.807, 2.05) is 0 Å². The van der Waals surface area contributed by atoms with E-state index in [1.54, 1.807) is 12.1 Å². The molecule has 0 atom stereocenters. The topological polar surface area (TPSA) is 43.1 Å². The number of benzene rings is 1. The number of alkyl halides is 6. The normalized spacial score (nSPS) is 12.5. The minimum absolute atomic E-state index is 0.0784. The molecule has 0 radical (unpaired) electrons. The summed E-state index contributed by atoms with van der Waals surface area (Å²) >= 11 is 0. The lowest BCUT2D eigenvalue weighted by Crippen LogP contribution is -2.12. The molecule has 0 aliphatic heterocycles. The van der Waals surface area contributed by atoms with Gasteiger partial charge >= 0.3 is 12.4 Å². The Bertz CT molecular complexity index is 1230. The molecule has 0 aliphatic carbocycles. The van der Waals surface area contributed by atoms with Gasteiger partial charge in [-0.3, -0.25) is 9.38 Å². The van der Waals surface area contributed by atoms with Crippen molar-refractivity contribution in [3.05, 3.63) is 71.9 Å². The summed E-state index contributed by atoms with van der Waals surface area (Å²) in [7, 11) is 0. The number of hydrogen-bond acceptors (Lipinski definition) is 3. The average Bonchev–Trinajstić information content (AvgIpc) is 3.10. The van der Waals surface area contributed by atoms with Crippen LogP contribution in [0.2, 0.25) is 0 Å². The van der Waals surface area contributed by atoms with Gasteiger partial charge in [-0.1, -0.05) is 6.07 Å². The monoisotopic (exact) mass is 422 g/mol. The van der Waals surface area contributed by atoms with Gasteiger partial charge in [0.25, 0.3) is 0 Å². The Morgan fingerprint density at radius 1 is 0.900 bits per heavy atom. The predicted molar refractivity (Wildman–Crippen MR) is 96.4 cm³/mol. The van der Waals surface area contributed by atoms with Gasteiger partial charge in [0.2, 0.25) is 0 Å². The van der Waals surface area contributed by atoms with Crippen LogP contribution in [0.3, 0.4) is 0 Å². The van der Waals surface area contributed by atoms with Crippen LogP contribution in [0.15, 0.2) is 55.1 Å². The molecule has 0 saturated heterocycles. The molecule has 4 nitrogen and oxygen atoms in total. The zero-order valence-corrected chi connectivity index (χ0v) is 15.3. The minimum atomic E-state index is -4.73.